The van der Waals surface area contributed by atoms with Gasteiger partial charge in [-0.3, -0.25) is 19.5 Å². The van der Waals surface area contributed by atoms with Crippen LogP contribution in [0.3, 0.4) is 0 Å². The Morgan fingerprint density at radius 3 is 2.56 bits per heavy atom. The summed E-state index contributed by atoms with van der Waals surface area (Å²) < 4.78 is 1.66. The van der Waals surface area contributed by atoms with Crippen molar-refractivity contribution in [3.8, 4) is 0 Å². The number of thioether (sulfide) groups is 1. The van der Waals surface area contributed by atoms with Crippen LogP contribution in [0.2, 0.25) is 0 Å². The maximum absolute atomic E-state index is 13.1. The third-order valence-corrected chi connectivity index (χ3v) is 6.97. The van der Waals surface area contributed by atoms with E-state index in [4.69, 9.17) is 10.7 Å². The molecular formula is C18H26N4O3S2. The molecule has 9 heteroatoms. The molecule has 0 saturated carbocycles. The number of fused-ring (bicyclic) bond motifs is 1. The van der Waals surface area contributed by atoms with E-state index in [-0.39, 0.29) is 11.5 Å². The molecule has 148 valence electrons. The van der Waals surface area contributed by atoms with Gasteiger partial charge in [-0.05, 0) is 31.7 Å². The highest BCUT2D eigenvalue weighted by molar-refractivity contribution is 8.00. The summed E-state index contributed by atoms with van der Waals surface area (Å²) in [5, 5.41) is 2.71. The van der Waals surface area contributed by atoms with Gasteiger partial charge in [0.15, 0.2) is 5.16 Å². The molecule has 0 saturated heterocycles. The average molecular weight is 411 g/mol. The lowest BCUT2D eigenvalue weighted by atomic mass is 10.1. The third-order valence-electron chi connectivity index (χ3n) is 4.33. The maximum atomic E-state index is 13.1. The van der Waals surface area contributed by atoms with Gasteiger partial charge in [-0.1, -0.05) is 39.0 Å². The first-order valence-corrected chi connectivity index (χ1v) is 10.6. The fraction of sp³-hybridized carbons (Fsp3) is 0.556. The van der Waals surface area contributed by atoms with E-state index < -0.39 is 17.2 Å². The molecule has 0 aliphatic heterocycles. The van der Waals surface area contributed by atoms with E-state index in [9.17, 15) is 14.4 Å². The van der Waals surface area contributed by atoms with Crippen molar-refractivity contribution in [3.05, 3.63) is 20.8 Å². The molecule has 0 fully saturated rings. The van der Waals surface area contributed by atoms with E-state index in [2.05, 4.69) is 12.2 Å². The molecule has 3 amide bonds. The van der Waals surface area contributed by atoms with Crippen molar-refractivity contribution in [2.24, 2.45) is 11.7 Å². The molecule has 2 aromatic heterocycles. The average Bonchev–Trinajstić information content (AvgIpc) is 2.85. The van der Waals surface area contributed by atoms with E-state index in [1.54, 1.807) is 4.57 Å². The largest absolute Gasteiger partial charge is 0.351 e. The third kappa shape index (κ3) is 4.70. The number of nitrogens with one attached hydrogen (secondary N) is 1. The summed E-state index contributed by atoms with van der Waals surface area (Å²) >= 11 is 2.69. The first-order valence-electron chi connectivity index (χ1n) is 8.94. The van der Waals surface area contributed by atoms with E-state index in [1.165, 1.54) is 23.1 Å². The summed E-state index contributed by atoms with van der Waals surface area (Å²) in [6.45, 7) is 10.3. The van der Waals surface area contributed by atoms with Gasteiger partial charge >= 0.3 is 6.03 Å². The van der Waals surface area contributed by atoms with Crippen LogP contribution in [0.5, 0.6) is 0 Å². The van der Waals surface area contributed by atoms with Crippen LogP contribution in [0.15, 0.2) is 9.95 Å². The second-order valence-electron chi connectivity index (χ2n) is 6.80. The second kappa shape index (κ2) is 8.88. The van der Waals surface area contributed by atoms with Crippen LogP contribution in [0.25, 0.3) is 10.2 Å². The summed E-state index contributed by atoms with van der Waals surface area (Å²) in [7, 11) is 0. The number of nitrogens with two attached hydrogens (primary N) is 1. The number of hydrogen-bond donors (Lipinski definition) is 2. The first-order chi connectivity index (χ1) is 12.7. The number of urea groups is 1. The minimum absolute atomic E-state index is 0.0735. The molecule has 0 spiro atoms. The summed E-state index contributed by atoms with van der Waals surface area (Å²) in [6, 6.07) is -0.887. The number of amides is 3. The minimum atomic E-state index is -0.887. The quantitative estimate of drug-likeness (QED) is 0.538. The Balaban J connectivity index is 2.55. The zero-order valence-corrected chi connectivity index (χ0v) is 17.9. The predicted molar refractivity (Wildman–Crippen MR) is 110 cm³/mol. The van der Waals surface area contributed by atoms with Gasteiger partial charge in [0.1, 0.15) is 4.83 Å². The highest BCUT2D eigenvalue weighted by Crippen LogP contribution is 2.31. The van der Waals surface area contributed by atoms with Crippen molar-refractivity contribution in [2.45, 2.75) is 64.4 Å². The number of carbonyl (C=O) groups excluding carboxylic acids is 2. The van der Waals surface area contributed by atoms with Crippen LogP contribution in [0, 0.1) is 19.8 Å². The molecule has 2 heterocycles. The van der Waals surface area contributed by atoms with Gasteiger partial charge in [-0.2, -0.15) is 0 Å². The lowest BCUT2D eigenvalue weighted by Gasteiger charge is -2.20. The van der Waals surface area contributed by atoms with Crippen molar-refractivity contribution in [3.63, 3.8) is 0 Å². The summed E-state index contributed by atoms with van der Waals surface area (Å²) in [5.41, 5.74) is 5.97. The molecule has 27 heavy (non-hydrogen) atoms. The zero-order valence-electron chi connectivity index (χ0n) is 16.3. The van der Waals surface area contributed by atoms with Crippen LogP contribution in [0.1, 0.15) is 44.1 Å². The number of nitrogens with zero attached hydrogens (tertiary/aromatic N) is 2. The fourth-order valence-electron chi connectivity index (χ4n) is 2.71. The van der Waals surface area contributed by atoms with Gasteiger partial charge < -0.3 is 5.73 Å². The van der Waals surface area contributed by atoms with Crippen LogP contribution in [-0.4, -0.2) is 26.7 Å². The molecule has 2 rings (SSSR count). The number of imide groups is 1. The normalized spacial score (nSPS) is 12.5. The molecule has 0 unspecified atom stereocenters. The van der Waals surface area contributed by atoms with Gasteiger partial charge in [0, 0.05) is 11.4 Å². The standard InChI is InChI=1S/C18H26N4O3S2/c1-6-7-8-22-16(24)12-10(4)11(5)26-15(12)21-18(22)27-13(9(2)3)14(23)20-17(19)25/h9,13H,6-8H2,1-5H3,(H3,19,20,23,25)/t13-/m0/s1. The van der Waals surface area contributed by atoms with Crippen LogP contribution < -0.4 is 16.6 Å². The predicted octanol–water partition coefficient (Wildman–Crippen LogP) is 3.19. The first kappa shape index (κ1) is 21.4. The number of unbranched alkanes of at least 4 members (excludes halogenated alkanes) is 1. The molecule has 0 aliphatic carbocycles. The number of aryl methyl sites for hydroxylation is 2. The van der Waals surface area contributed by atoms with Crippen molar-refractivity contribution in [1.29, 1.82) is 0 Å². The molecule has 2 aromatic rings. The highest BCUT2D eigenvalue weighted by Gasteiger charge is 2.27. The summed E-state index contributed by atoms with van der Waals surface area (Å²) in [5.74, 6) is -0.550. The van der Waals surface area contributed by atoms with Gasteiger partial charge in [0.25, 0.3) is 5.56 Å². The van der Waals surface area contributed by atoms with E-state index in [1.807, 2.05) is 27.7 Å². The smallest absolute Gasteiger partial charge is 0.318 e. The van der Waals surface area contributed by atoms with Gasteiger partial charge in [-0.15, -0.1) is 11.3 Å². The molecule has 1 atom stereocenters. The van der Waals surface area contributed by atoms with Crippen molar-refractivity contribution in [2.75, 3.05) is 0 Å². The fourth-order valence-corrected chi connectivity index (χ4v) is 4.90. The number of hydrogen-bond acceptors (Lipinski definition) is 6. The minimum Gasteiger partial charge on any atom is -0.351 e. The van der Waals surface area contributed by atoms with Crippen molar-refractivity contribution < 1.29 is 9.59 Å². The molecule has 0 aliphatic rings. The lowest BCUT2D eigenvalue weighted by Crippen LogP contribution is -2.42. The van der Waals surface area contributed by atoms with Crippen molar-refractivity contribution in [1.82, 2.24) is 14.9 Å². The van der Waals surface area contributed by atoms with E-state index >= 15 is 0 Å². The number of thiophene rings is 1. The van der Waals surface area contributed by atoms with E-state index in [0.717, 1.165) is 23.3 Å². The van der Waals surface area contributed by atoms with Gasteiger partial charge in [-0.25, -0.2) is 9.78 Å². The molecule has 0 aromatic carbocycles. The van der Waals surface area contributed by atoms with Gasteiger partial charge in [0.2, 0.25) is 5.91 Å². The number of rotatable bonds is 7. The van der Waals surface area contributed by atoms with Crippen molar-refractivity contribution >= 4 is 45.3 Å². The summed E-state index contributed by atoms with van der Waals surface area (Å²) in [4.78, 5) is 43.0. The summed E-state index contributed by atoms with van der Waals surface area (Å²) in [6.07, 6.45) is 1.77. The Labute approximate surface area is 166 Å². The molecule has 0 radical (unpaired) electrons. The van der Waals surface area contributed by atoms with E-state index in [0.29, 0.717) is 21.9 Å². The lowest BCUT2D eigenvalue weighted by molar-refractivity contribution is -0.120. The number of primary amides is 1. The Hall–Kier alpha value is -1.87. The topological polar surface area (TPSA) is 107 Å². The second-order valence-corrected chi connectivity index (χ2v) is 9.12. The SMILES string of the molecule is CCCCn1c(S[C@H](C(=O)NC(N)=O)C(C)C)nc2sc(C)c(C)c2c1=O. The van der Waals surface area contributed by atoms with Crippen LogP contribution >= 0.6 is 23.1 Å². The molecular weight excluding hydrogens is 384 g/mol. The molecule has 0 bridgehead atoms. The monoisotopic (exact) mass is 410 g/mol. The Kier molecular flexibility index (Phi) is 7.05. The zero-order chi connectivity index (χ0) is 20.3. The molecule has 7 nitrogen and oxygen atoms in total. The highest BCUT2D eigenvalue weighted by atomic mass is 32.2. The number of aromatic nitrogens is 2. The maximum Gasteiger partial charge on any atom is 0.318 e. The molecule has 3 N–H and O–H groups in total. The number of carbonyl (C=O) groups is 2. The van der Waals surface area contributed by atoms with Gasteiger partial charge in [0.05, 0.1) is 10.6 Å². The van der Waals surface area contributed by atoms with Crippen LogP contribution in [0.4, 0.5) is 4.79 Å². The Morgan fingerprint density at radius 1 is 1.33 bits per heavy atom. The Morgan fingerprint density at radius 2 is 2.00 bits per heavy atom. The van der Waals surface area contributed by atoms with Crippen LogP contribution in [-0.2, 0) is 11.3 Å². The Bertz CT molecular complexity index is 917.